The third-order valence-electron chi connectivity index (χ3n) is 3.91. The van der Waals surface area contributed by atoms with Crippen molar-refractivity contribution in [1.82, 2.24) is 0 Å². The van der Waals surface area contributed by atoms with Gasteiger partial charge in [-0.1, -0.05) is 6.07 Å². The van der Waals surface area contributed by atoms with E-state index in [9.17, 15) is 0 Å². The van der Waals surface area contributed by atoms with Gasteiger partial charge in [-0.25, -0.2) is 0 Å². The van der Waals surface area contributed by atoms with E-state index >= 15 is 0 Å². The third-order valence-corrected chi connectivity index (χ3v) is 4.58. The van der Waals surface area contributed by atoms with Crippen LogP contribution < -0.4 is 4.74 Å². The topological polar surface area (TPSA) is 18.5 Å². The third kappa shape index (κ3) is 3.21. The fourth-order valence-electron chi connectivity index (χ4n) is 2.19. The highest BCUT2D eigenvalue weighted by molar-refractivity contribution is 7.80. The molecule has 0 amide bonds. The maximum Gasteiger partial charge on any atom is 0.119 e. The second-order valence-corrected chi connectivity index (χ2v) is 5.62. The maximum atomic E-state index is 5.97. The smallest absolute Gasteiger partial charge is 0.119 e. The minimum absolute atomic E-state index is 0.181. The standard InChI is InChI=1S/C15H22O2S/c1-12-3-4-14(9-13(12)2)17-10-15(11-18)5-7-16-8-6-15/h3-4,9,18H,5-8,10-11H2,1-2H3. The van der Waals surface area contributed by atoms with Gasteiger partial charge in [0.05, 0.1) is 6.61 Å². The van der Waals surface area contributed by atoms with Crippen LogP contribution in [0.1, 0.15) is 24.0 Å². The van der Waals surface area contributed by atoms with Gasteiger partial charge in [-0.05, 0) is 55.7 Å². The molecule has 0 aromatic heterocycles. The van der Waals surface area contributed by atoms with Gasteiger partial charge in [0, 0.05) is 18.6 Å². The minimum atomic E-state index is 0.181. The van der Waals surface area contributed by atoms with E-state index in [1.807, 2.05) is 6.07 Å². The van der Waals surface area contributed by atoms with Crippen LogP contribution in [0.25, 0.3) is 0 Å². The van der Waals surface area contributed by atoms with Gasteiger partial charge in [0.15, 0.2) is 0 Å². The summed E-state index contributed by atoms with van der Waals surface area (Å²) >= 11 is 4.50. The molecule has 1 heterocycles. The normalized spacial score (nSPS) is 18.6. The van der Waals surface area contributed by atoms with Gasteiger partial charge in [-0.3, -0.25) is 0 Å². The minimum Gasteiger partial charge on any atom is -0.493 e. The van der Waals surface area contributed by atoms with Crippen LogP contribution in [-0.4, -0.2) is 25.6 Å². The molecule has 3 heteroatoms. The number of rotatable bonds is 4. The molecule has 0 radical (unpaired) electrons. The van der Waals surface area contributed by atoms with Crippen molar-refractivity contribution < 1.29 is 9.47 Å². The fourth-order valence-corrected chi connectivity index (χ4v) is 2.60. The van der Waals surface area contributed by atoms with Crippen molar-refractivity contribution in [3.05, 3.63) is 29.3 Å². The van der Waals surface area contributed by atoms with Gasteiger partial charge in [0.25, 0.3) is 0 Å². The molecule has 0 saturated carbocycles. The molecule has 0 spiro atoms. The molecule has 0 aliphatic carbocycles. The van der Waals surface area contributed by atoms with E-state index in [1.54, 1.807) is 0 Å². The van der Waals surface area contributed by atoms with Crippen molar-refractivity contribution in [2.45, 2.75) is 26.7 Å². The van der Waals surface area contributed by atoms with E-state index in [1.165, 1.54) is 11.1 Å². The van der Waals surface area contributed by atoms with Crippen LogP contribution in [0.4, 0.5) is 0 Å². The van der Waals surface area contributed by atoms with Crippen LogP contribution in [0, 0.1) is 19.3 Å². The zero-order valence-corrected chi connectivity index (χ0v) is 12.1. The maximum absolute atomic E-state index is 5.97. The molecule has 1 saturated heterocycles. The SMILES string of the molecule is Cc1ccc(OCC2(CS)CCOCC2)cc1C. The first kappa shape index (κ1) is 13.8. The van der Waals surface area contributed by atoms with E-state index in [2.05, 4.69) is 38.6 Å². The summed E-state index contributed by atoms with van der Waals surface area (Å²) in [6.07, 6.45) is 2.09. The molecule has 18 heavy (non-hydrogen) atoms. The van der Waals surface area contributed by atoms with Crippen LogP contribution in [0.2, 0.25) is 0 Å². The first-order chi connectivity index (χ1) is 8.65. The lowest BCUT2D eigenvalue weighted by Crippen LogP contribution is -2.36. The summed E-state index contributed by atoms with van der Waals surface area (Å²) in [6, 6.07) is 6.27. The van der Waals surface area contributed by atoms with Crippen molar-refractivity contribution in [3.63, 3.8) is 0 Å². The second kappa shape index (κ2) is 5.98. The highest BCUT2D eigenvalue weighted by atomic mass is 32.1. The molecular weight excluding hydrogens is 244 g/mol. The van der Waals surface area contributed by atoms with Crippen molar-refractivity contribution in [1.29, 1.82) is 0 Å². The molecular formula is C15H22O2S. The number of hydrogen-bond acceptors (Lipinski definition) is 3. The summed E-state index contributed by atoms with van der Waals surface area (Å²) < 4.78 is 11.4. The zero-order valence-electron chi connectivity index (χ0n) is 11.2. The molecule has 1 aromatic rings. The first-order valence-electron chi connectivity index (χ1n) is 6.54. The van der Waals surface area contributed by atoms with Crippen molar-refractivity contribution in [2.75, 3.05) is 25.6 Å². The van der Waals surface area contributed by atoms with Gasteiger partial charge >= 0.3 is 0 Å². The van der Waals surface area contributed by atoms with Crippen molar-refractivity contribution >= 4 is 12.6 Å². The Morgan fingerprint density at radius 3 is 2.56 bits per heavy atom. The molecule has 2 nitrogen and oxygen atoms in total. The Bertz CT molecular complexity index is 397. The summed E-state index contributed by atoms with van der Waals surface area (Å²) in [6.45, 7) is 6.63. The molecule has 0 unspecified atom stereocenters. The van der Waals surface area contributed by atoms with Gasteiger partial charge in [0.2, 0.25) is 0 Å². The average molecular weight is 266 g/mol. The molecule has 1 aliphatic heterocycles. The zero-order chi connectivity index (χ0) is 13.0. The van der Waals surface area contributed by atoms with Crippen molar-refractivity contribution in [2.24, 2.45) is 5.41 Å². The molecule has 1 aliphatic rings. The highest BCUT2D eigenvalue weighted by Gasteiger charge is 2.32. The molecule has 100 valence electrons. The number of thiol groups is 1. The lowest BCUT2D eigenvalue weighted by Gasteiger charge is -2.35. The Morgan fingerprint density at radius 2 is 1.94 bits per heavy atom. The molecule has 0 atom stereocenters. The highest BCUT2D eigenvalue weighted by Crippen LogP contribution is 2.32. The van der Waals surface area contributed by atoms with E-state index in [0.717, 1.165) is 44.2 Å². The average Bonchev–Trinajstić information content (AvgIpc) is 2.41. The summed E-state index contributed by atoms with van der Waals surface area (Å²) in [4.78, 5) is 0. The van der Waals surface area contributed by atoms with Gasteiger partial charge in [0.1, 0.15) is 5.75 Å². The van der Waals surface area contributed by atoms with E-state index in [0.29, 0.717) is 0 Å². The summed E-state index contributed by atoms with van der Waals surface area (Å²) in [5.74, 6) is 1.83. The largest absolute Gasteiger partial charge is 0.493 e. The molecule has 0 bridgehead atoms. The predicted molar refractivity (Wildman–Crippen MR) is 77.8 cm³/mol. The first-order valence-corrected chi connectivity index (χ1v) is 7.17. The van der Waals surface area contributed by atoms with Crippen LogP contribution in [0.15, 0.2) is 18.2 Å². The monoisotopic (exact) mass is 266 g/mol. The number of benzene rings is 1. The Morgan fingerprint density at radius 1 is 1.22 bits per heavy atom. The molecule has 1 fully saturated rings. The Kier molecular flexibility index (Phi) is 4.57. The van der Waals surface area contributed by atoms with E-state index < -0.39 is 0 Å². The lowest BCUT2D eigenvalue weighted by atomic mass is 9.83. The molecule has 1 aromatic carbocycles. The molecule has 2 rings (SSSR count). The number of ether oxygens (including phenoxy) is 2. The fraction of sp³-hybridized carbons (Fsp3) is 0.600. The quantitative estimate of drug-likeness (QED) is 0.842. The van der Waals surface area contributed by atoms with Crippen molar-refractivity contribution in [3.8, 4) is 5.75 Å². The summed E-state index contributed by atoms with van der Waals surface area (Å²) in [5, 5.41) is 0. The number of aryl methyl sites for hydroxylation is 2. The van der Waals surface area contributed by atoms with Crippen LogP contribution in [0.5, 0.6) is 5.75 Å². The van der Waals surface area contributed by atoms with Gasteiger partial charge in [-0.15, -0.1) is 0 Å². The van der Waals surface area contributed by atoms with Crippen LogP contribution in [0.3, 0.4) is 0 Å². The summed E-state index contributed by atoms with van der Waals surface area (Å²) in [5.41, 5.74) is 2.76. The lowest BCUT2D eigenvalue weighted by molar-refractivity contribution is 0.00310. The summed E-state index contributed by atoms with van der Waals surface area (Å²) in [7, 11) is 0. The predicted octanol–water partition coefficient (Wildman–Crippen LogP) is 3.41. The Balaban J connectivity index is 1.98. The van der Waals surface area contributed by atoms with Crippen LogP contribution >= 0.6 is 12.6 Å². The van der Waals surface area contributed by atoms with Crippen LogP contribution in [-0.2, 0) is 4.74 Å². The second-order valence-electron chi connectivity index (χ2n) is 5.31. The van der Waals surface area contributed by atoms with E-state index in [-0.39, 0.29) is 5.41 Å². The Labute approximate surface area is 115 Å². The van der Waals surface area contributed by atoms with Gasteiger partial charge < -0.3 is 9.47 Å². The number of hydrogen-bond donors (Lipinski definition) is 1. The molecule has 0 N–H and O–H groups in total. The van der Waals surface area contributed by atoms with Gasteiger partial charge in [-0.2, -0.15) is 12.6 Å². The van der Waals surface area contributed by atoms with E-state index in [4.69, 9.17) is 9.47 Å². The Hall–Kier alpha value is -0.670.